The summed E-state index contributed by atoms with van der Waals surface area (Å²) in [6, 6.07) is 31.6. The molecule has 0 aliphatic rings. The minimum Gasteiger partial charge on any atom is -0.326 e. The Morgan fingerprint density at radius 2 is 1.33 bits per heavy atom. The molecule has 0 spiro atoms. The number of hydrogen-bond acceptors (Lipinski definition) is 1. The second-order valence-electron chi connectivity index (χ2n) is 6.57. The van der Waals surface area contributed by atoms with Crippen molar-refractivity contribution in [3.63, 3.8) is 0 Å². The highest BCUT2D eigenvalue weighted by Crippen LogP contribution is 2.24. The van der Waals surface area contributed by atoms with Gasteiger partial charge in [0.1, 0.15) is 0 Å². The van der Waals surface area contributed by atoms with Crippen LogP contribution < -0.4 is 0 Å². The summed E-state index contributed by atoms with van der Waals surface area (Å²) in [6.07, 6.45) is 7.08. The van der Waals surface area contributed by atoms with E-state index in [-0.39, 0.29) is 0 Å². The van der Waals surface area contributed by atoms with Crippen molar-refractivity contribution in [3.05, 3.63) is 132 Å². The summed E-state index contributed by atoms with van der Waals surface area (Å²) in [6.45, 7) is 0.811. The maximum absolute atomic E-state index is 4.44. The minimum absolute atomic E-state index is 0.811. The molecule has 0 N–H and O–H groups in total. The number of allylic oxidation sites excluding steroid dienone is 1. The van der Waals surface area contributed by atoms with Crippen LogP contribution in [-0.2, 0) is 13.0 Å². The largest absolute Gasteiger partial charge is 0.326 e. The van der Waals surface area contributed by atoms with Crippen LogP contribution >= 0.6 is 0 Å². The Labute approximate surface area is 160 Å². The Hall–Kier alpha value is -3.39. The van der Waals surface area contributed by atoms with E-state index in [1.165, 1.54) is 22.3 Å². The maximum atomic E-state index is 4.44. The quantitative estimate of drug-likeness (QED) is 0.442. The van der Waals surface area contributed by atoms with Gasteiger partial charge in [-0.1, -0.05) is 97.1 Å². The van der Waals surface area contributed by atoms with E-state index in [1.807, 2.05) is 18.6 Å². The highest BCUT2D eigenvalue weighted by atomic mass is 15.0. The number of aromatic nitrogens is 2. The average molecular weight is 350 g/mol. The average Bonchev–Trinajstić information content (AvgIpc) is 3.18. The SMILES string of the molecule is C(Cc1ccccc1)=C(c1ccccc1)c1cncn1Cc1ccccc1. The molecule has 0 amide bonds. The first-order valence-corrected chi connectivity index (χ1v) is 9.24. The Kier molecular flexibility index (Phi) is 5.26. The van der Waals surface area contributed by atoms with E-state index >= 15 is 0 Å². The molecule has 2 heteroatoms. The van der Waals surface area contributed by atoms with Gasteiger partial charge in [0.2, 0.25) is 0 Å². The molecule has 0 saturated heterocycles. The lowest BCUT2D eigenvalue weighted by molar-refractivity contribution is 0.786. The van der Waals surface area contributed by atoms with Gasteiger partial charge < -0.3 is 4.57 Å². The number of imidazole rings is 1. The molecule has 1 heterocycles. The maximum Gasteiger partial charge on any atom is 0.0954 e. The van der Waals surface area contributed by atoms with Gasteiger partial charge in [-0.05, 0) is 23.1 Å². The van der Waals surface area contributed by atoms with E-state index in [9.17, 15) is 0 Å². The zero-order valence-electron chi connectivity index (χ0n) is 15.2. The van der Waals surface area contributed by atoms with E-state index in [2.05, 4.69) is 101 Å². The van der Waals surface area contributed by atoms with Crippen molar-refractivity contribution in [1.29, 1.82) is 0 Å². The third-order valence-corrected chi connectivity index (χ3v) is 4.65. The predicted octanol–water partition coefficient (Wildman–Crippen LogP) is 5.61. The zero-order chi connectivity index (χ0) is 18.3. The number of rotatable bonds is 6. The lowest BCUT2D eigenvalue weighted by Crippen LogP contribution is -2.04. The first-order chi connectivity index (χ1) is 13.4. The van der Waals surface area contributed by atoms with Crippen molar-refractivity contribution >= 4 is 5.57 Å². The van der Waals surface area contributed by atoms with Crippen molar-refractivity contribution in [2.75, 3.05) is 0 Å². The summed E-state index contributed by atoms with van der Waals surface area (Å²) in [5, 5.41) is 0. The van der Waals surface area contributed by atoms with Crippen LogP contribution in [0.1, 0.15) is 22.4 Å². The van der Waals surface area contributed by atoms with E-state index in [4.69, 9.17) is 0 Å². The summed E-state index contributed by atoms with van der Waals surface area (Å²) in [7, 11) is 0. The molecule has 3 aromatic carbocycles. The van der Waals surface area contributed by atoms with Crippen LogP contribution in [0.2, 0.25) is 0 Å². The fourth-order valence-corrected chi connectivity index (χ4v) is 3.27. The highest BCUT2D eigenvalue weighted by molar-refractivity contribution is 5.78. The first-order valence-electron chi connectivity index (χ1n) is 9.24. The van der Waals surface area contributed by atoms with Crippen LogP contribution in [0.3, 0.4) is 0 Å². The fourth-order valence-electron chi connectivity index (χ4n) is 3.27. The van der Waals surface area contributed by atoms with Crippen LogP contribution in [-0.4, -0.2) is 9.55 Å². The van der Waals surface area contributed by atoms with Crippen molar-refractivity contribution in [1.82, 2.24) is 9.55 Å². The predicted molar refractivity (Wildman–Crippen MR) is 111 cm³/mol. The van der Waals surface area contributed by atoms with Gasteiger partial charge in [-0.25, -0.2) is 4.98 Å². The van der Waals surface area contributed by atoms with Gasteiger partial charge in [0.15, 0.2) is 0 Å². The fraction of sp³-hybridized carbons (Fsp3) is 0.0800. The standard InChI is InChI=1S/C25H22N2/c1-4-10-21(11-5-1)16-17-24(23-14-8-3-9-15-23)25-18-26-20-27(25)19-22-12-6-2-7-13-22/h1-15,17-18,20H,16,19H2. The molecular formula is C25H22N2. The first kappa shape index (κ1) is 17.0. The normalized spacial score (nSPS) is 11.5. The van der Waals surface area contributed by atoms with E-state index < -0.39 is 0 Å². The van der Waals surface area contributed by atoms with E-state index in [1.54, 1.807) is 0 Å². The second kappa shape index (κ2) is 8.33. The van der Waals surface area contributed by atoms with Crippen LogP contribution in [0.4, 0.5) is 0 Å². The van der Waals surface area contributed by atoms with E-state index in [0.29, 0.717) is 0 Å². The molecule has 4 rings (SSSR count). The Bertz CT molecular complexity index is 1000. The second-order valence-corrected chi connectivity index (χ2v) is 6.57. The molecule has 0 saturated carbocycles. The van der Waals surface area contributed by atoms with Crippen LogP contribution in [0.15, 0.2) is 110 Å². The number of hydrogen-bond donors (Lipinski definition) is 0. The van der Waals surface area contributed by atoms with Crippen molar-refractivity contribution in [2.24, 2.45) is 0 Å². The van der Waals surface area contributed by atoms with Crippen molar-refractivity contribution in [2.45, 2.75) is 13.0 Å². The third-order valence-electron chi connectivity index (χ3n) is 4.65. The number of nitrogens with zero attached hydrogens (tertiary/aromatic N) is 2. The van der Waals surface area contributed by atoms with Gasteiger partial charge in [0.05, 0.1) is 18.2 Å². The lowest BCUT2D eigenvalue weighted by Gasteiger charge is -2.13. The molecular weight excluding hydrogens is 328 g/mol. The molecule has 4 aromatic rings. The zero-order valence-corrected chi connectivity index (χ0v) is 15.2. The van der Waals surface area contributed by atoms with Gasteiger partial charge in [0.25, 0.3) is 0 Å². The van der Waals surface area contributed by atoms with Crippen molar-refractivity contribution in [3.8, 4) is 0 Å². The van der Waals surface area contributed by atoms with Gasteiger partial charge in [-0.2, -0.15) is 0 Å². The van der Waals surface area contributed by atoms with E-state index in [0.717, 1.165) is 18.7 Å². The van der Waals surface area contributed by atoms with Gasteiger partial charge in [0, 0.05) is 12.1 Å². The van der Waals surface area contributed by atoms with Gasteiger partial charge in [-0.15, -0.1) is 0 Å². The van der Waals surface area contributed by atoms with Crippen LogP contribution in [0.25, 0.3) is 5.57 Å². The van der Waals surface area contributed by atoms with Crippen molar-refractivity contribution < 1.29 is 0 Å². The van der Waals surface area contributed by atoms with Gasteiger partial charge >= 0.3 is 0 Å². The summed E-state index contributed by atoms with van der Waals surface area (Å²) >= 11 is 0. The molecule has 0 unspecified atom stereocenters. The molecule has 0 fully saturated rings. The Morgan fingerprint density at radius 3 is 2.00 bits per heavy atom. The molecule has 0 radical (unpaired) electrons. The molecule has 0 atom stereocenters. The smallest absolute Gasteiger partial charge is 0.0954 e. The lowest BCUT2D eigenvalue weighted by atomic mass is 10.00. The van der Waals surface area contributed by atoms with Crippen LogP contribution in [0.5, 0.6) is 0 Å². The Morgan fingerprint density at radius 1 is 0.741 bits per heavy atom. The summed E-state index contributed by atoms with van der Waals surface area (Å²) in [5.74, 6) is 0. The summed E-state index contributed by atoms with van der Waals surface area (Å²) < 4.78 is 2.22. The molecule has 1 aromatic heterocycles. The molecule has 0 bridgehead atoms. The number of benzene rings is 3. The van der Waals surface area contributed by atoms with Gasteiger partial charge in [-0.3, -0.25) is 0 Å². The topological polar surface area (TPSA) is 17.8 Å². The molecule has 0 aliphatic carbocycles. The summed E-state index contributed by atoms with van der Waals surface area (Å²) in [4.78, 5) is 4.44. The van der Waals surface area contributed by atoms with Crippen LogP contribution in [0, 0.1) is 0 Å². The summed E-state index contributed by atoms with van der Waals surface area (Å²) in [5.41, 5.74) is 6.14. The molecule has 2 nitrogen and oxygen atoms in total. The Balaban J connectivity index is 1.70. The molecule has 27 heavy (non-hydrogen) atoms. The molecule has 0 aliphatic heterocycles. The third kappa shape index (κ3) is 4.24. The monoisotopic (exact) mass is 350 g/mol. The minimum atomic E-state index is 0.811. The molecule has 132 valence electrons. The highest BCUT2D eigenvalue weighted by Gasteiger charge is 2.11.